The molecule has 1 N–H and O–H groups in total. The molecular formula is C20H23N5O4. The molecule has 9 heteroatoms. The van der Waals surface area contributed by atoms with Crippen LogP contribution in [0.25, 0.3) is 10.9 Å². The monoisotopic (exact) mass is 397 g/mol. The fourth-order valence-corrected chi connectivity index (χ4v) is 3.66. The second kappa shape index (κ2) is 7.86. The number of methoxy groups -OCH3 is 3. The van der Waals surface area contributed by atoms with Gasteiger partial charge in [-0.1, -0.05) is 0 Å². The van der Waals surface area contributed by atoms with E-state index < -0.39 is 0 Å². The number of ether oxygens (including phenoxy) is 3. The van der Waals surface area contributed by atoms with E-state index in [9.17, 15) is 4.79 Å². The molecule has 152 valence electrons. The number of amides is 1. The van der Waals surface area contributed by atoms with Crippen molar-refractivity contribution >= 4 is 22.8 Å². The number of hydrogen-bond donors (Lipinski definition) is 1. The molecule has 0 bridgehead atoms. The third kappa shape index (κ3) is 3.28. The first kappa shape index (κ1) is 18.9. The molecule has 0 spiro atoms. The molecular weight excluding hydrogens is 374 g/mol. The zero-order valence-corrected chi connectivity index (χ0v) is 16.6. The lowest BCUT2D eigenvalue weighted by molar-refractivity contribution is 0.0748. The highest BCUT2D eigenvalue weighted by molar-refractivity contribution is 6.10. The van der Waals surface area contributed by atoms with E-state index in [1.165, 1.54) is 0 Å². The Balaban J connectivity index is 1.61. The number of aromatic amines is 1. The number of carbonyl (C=O) groups is 1. The first-order chi connectivity index (χ1) is 14.2. The van der Waals surface area contributed by atoms with Gasteiger partial charge in [0.25, 0.3) is 5.91 Å². The quantitative estimate of drug-likeness (QED) is 0.703. The van der Waals surface area contributed by atoms with Crippen LogP contribution >= 0.6 is 0 Å². The fraction of sp³-hybridized carbons (Fsp3) is 0.350. The van der Waals surface area contributed by atoms with Crippen LogP contribution in [-0.4, -0.2) is 73.3 Å². The number of hydrogen-bond acceptors (Lipinski definition) is 7. The minimum atomic E-state index is -0.0598. The molecule has 9 nitrogen and oxygen atoms in total. The molecule has 0 atom stereocenters. The van der Waals surface area contributed by atoms with Crippen molar-refractivity contribution in [3.8, 4) is 17.2 Å². The van der Waals surface area contributed by atoms with E-state index in [0.29, 0.717) is 60.3 Å². The first-order valence-corrected chi connectivity index (χ1v) is 9.29. The molecule has 29 heavy (non-hydrogen) atoms. The van der Waals surface area contributed by atoms with Crippen LogP contribution in [0.3, 0.4) is 0 Å². The lowest BCUT2D eigenvalue weighted by atomic mass is 10.1. The van der Waals surface area contributed by atoms with Crippen LogP contribution in [0, 0.1) is 0 Å². The molecule has 3 aromatic rings. The van der Waals surface area contributed by atoms with Crippen molar-refractivity contribution < 1.29 is 19.0 Å². The Kier molecular flexibility index (Phi) is 5.11. The van der Waals surface area contributed by atoms with E-state index in [-0.39, 0.29) is 5.91 Å². The van der Waals surface area contributed by atoms with Crippen LogP contribution in [0.2, 0.25) is 0 Å². The molecule has 0 saturated carbocycles. The largest absolute Gasteiger partial charge is 0.493 e. The fourth-order valence-electron chi connectivity index (χ4n) is 3.66. The average molecular weight is 397 g/mol. The van der Waals surface area contributed by atoms with E-state index in [0.717, 1.165) is 5.52 Å². The number of nitrogens with zero attached hydrogens (tertiary/aromatic N) is 4. The Morgan fingerprint density at radius 2 is 1.69 bits per heavy atom. The lowest BCUT2D eigenvalue weighted by Gasteiger charge is -2.34. The summed E-state index contributed by atoms with van der Waals surface area (Å²) in [6, 6.07) is 3.59. The van der Waals surface area contributed by atoms with E-state index in [1.807, 2.05) is 4.90 Å². The predicted molar refractivity (Wildman–Crippen MR) is 108 cm³/mol. The van der Waals surface area contributed by atoms with Crippen LogP contribution < -0.4 is 19.1 Å². The van der Waals surface area contributed by atoms with E-state index in [2.05, 4.69) is 19.9 Å². The number of H-pyrrole nitrogens is 1. The summed E-state index contributed by atoms with van der Waals surface area (Å²) in [6.45, 7) is 2.51. The first-order valence-electron chi connectivity index (χ1n) is 9.29. The zero-order chi connectivity index (χ0) is 20.4. The second-order valence-corrected chi connectivity index (χ2v) is 6.60. The number of fused-ring (bicyclic) bond motifs is 1. The number of nitrogens with one attached hydrogen (secondary N) is 1. The van der Waals surface area contributed by atoms with Crippen LogP contribution in [0.15, 0.2) is 30.7 Å². The van der Waals surface area contributed by atoms with Crippen molar-refractivity contribution in [3.05, 3.63) is 36.3 Å². The summed E-state index contributed by atoms with van der Waals surface area (Å²) < 4.78 is 16.4. The van der Waals surface area contributed by atoms with E-state index >= 15 is 0 Å². The van der Waals surface area contributed by atoms with Crippen LogP contribution in [0.5, 0.6) is 17.2 Å². The average Bonchev–Trinajstić information content (AvgIpc) is 3.21. The molecule has 0 aliphatic carbocycles. The summed E-state index contributed by atoms with van der Waals surface area (Å²) in [5, 5.41) is 0.684. The van der Waals surface area contributed by atoms with Crippen LogP contribution in [0.4, 0.5) is 5.95 Å². The van der Waals surface area contributed by atoms with Crippen molar-refractivity contribution in [1.82, 2.24) is 19.9 Å². The summed E-state index contributed by atoms with van der Waals surface area (Å²) in [4.78, 5) is 28.9. The van der Waals surface area contributed by atoms with Gasteiger partial charge in [-0.2, -0.15) is 0 Å². The third-order valence-corrected chi connectivity index (χ3v) is 5.10. The maximum absolute atomic E-state index is 13.3. The minimum absolute atomic E-state index is 0.0598. The highest BCUT2D eigenvalue weighted by atomic mass is 16.5. The molecule has 1 saturated heterocycles. The minimum Gasteiger partial charge on any atom is -0.493 e. The highest BCUT2D eigenvalue weighted by Gasteiger charge is 2.28. The molecule has 0 radical (unpaired) electrons. The maximum Gasteiger partial charge on any atom is 0.256 e. The van der Waals surface area contributed by atoms with Gasteiger partial charge in [0.15, 0.2) is 11.5 Å². The van der Waals surface area contributed by atoms with Gasteiger partial charge in [-0.15, -0.1) is 0 Å². The van der Waals surface area contributed by atoms with Gasteiger partial charge in [-0.25, -0.2) is 9.97 Å². The molecule has 3 heterocycles. The Bertz CT molecular complexity index is 1010. The highest BCUT2D eigenvalue weighted by Crippen LogP contribution is 2.44. The number of aromatic nitrogens is 3. The Morgan fingerprint density at radius 3 is 2.31 bits per heavy atom. The SMILES string of the molecule is COc1cc2[nH]cc(C(=O)N3CCN(c4ncccn4)CC3)c2c(OC)c1OC. The maximum atomic E-state index is 13.3. The molecule has 1 aliphatic rings. The van der Waals surface area contributed by atoms with Crippen molar-refractivity contribution in [1.29, 1.82) is 0 Å². The summed E-state index contributed by atoms with van der Waals surface area (Å²) in [5.74, 6) is 2.10. The van der Waals surface area contributed by atoms with Gasteiger partial charge >= 0.3 is 0 Å². The van der Waals surface area contributed by atoms with Gasteiger partial charge < -0.3 is 29.0 Å². The molecule has 0 unspecified atom stereocenters. The summed E-state index contributed by atoms with van der Waals surface area (Å²) >= 11 is 0. The van der Waals surface area contributed by atoms with Crippen molar-refractivity contribution in [2.75, 3.05) is 52.4 Å². The van der Waals surface area contributed by atoms with Gasteiger partial charge in [0.1, 0.15) is 0 Å². The summed E-state index contributed by atoms with van der Waals surface area (Å²) in [7, 11) is 4.66. The number of rotatable bonds is 5. The predicted octanol–water partition coefficient (Wildman–Crippen LogP) is 1.95. The Hall–Kier alpha value is -3.49. The number of carbonyl (C=O) groups excluding carboxylic acids is 1. The molecule has 1 aliphatic heterocycles. The normalized spacial score (nSPS) is 14.2. The second-order valence-electron chi connectivity index (χ2n) is 6.60. The van der Waals surface area contributed by atoms with Gasteiger partial charge in [-0.3, -0.25) is 4.79 Å². The molecule has 1 amide bonds. The van der Waals surface area contributed by atoms with Crippen molar-refractivity contribution in [2.24, 2.45) is 0 Å². The Morgan fingerprint density at radius 1 is 1.00 bits per heavy atom. The van der Waals surface area contributed by atoms with Crippen LogP contribution in [-0.2, 0) is 0 Å². The molecule has 2 aromatic heterocycles. The number of benzene rings is 1. The topological polar surface area (TPSA) is 92.8 Å². The van der Waals surface area contributed by atoms with Gasteiger partial charge in [-0.05, 0) is 6.07 Å². The smallest absolute Gasteiger partial charge is 0.256 e. The van der Waals surface area contributed by atoms with Gasteiger partial charge in [0.2, 0.25) is 11.7 Å². The lowest BCUT2D eigenvalue weighted by Crippen LogP contribution is -2.49. The number of anilines is 1. The molecule has 4 rings (SSSR count). The van der Waals surface area contributed by atoms with Crippen LogP contribution in [0.1, 0.15) is 10.4 Å². The van der Waals surface area contributed by atoms with E-state index in [1.54, 1.807) is 52.1 Å². The summed E-state index contributed by atoms with van der Waals surface area (Å²) in [5.41, 5.74) is 1.29. The third-order valence-electron chi connectivity index (χ3n) is 5.10. The van der Waals surface area contributed by atoms with Crippen molar-refractivity contribution in [3.63, 3.8) is 0 Å². The van der Waals surface area contributed by atoms with Gasteiger partial charge in [0, 0.05) is 50.8 Å². The van der Waals surface area contributed by atoms with E-state index in [4.69, 9.17) is 14.2 Å². The molecule has 1 aromatic carbocycles. The Labute approximate surface area is 168 Å². The van der Waals surface area contributed by atoms with Gasteiger partial charge in [0.05, 0.1) is 37.8 Å². The standard InChI is InChI=1S/C20H23N5O4/c1-27-15-11-14-16(18(29-3)17(15)28-2)13(12-23-14)19(26)24-7-9-25(10-8-24)20-21-5-4-6-22-20/h4-6,11-12,23H,7-10H2,1-3H3. The van der Waals surface area contributed by atoms with Crippen molar-refractivity contribution in [2.45, 2.75) is 0 Å². The summed E-state index contributed by atoms with van der Waals surface area (Å²) in [6.07, 6.45) is 5.15. The molecule has 1 fully saturated rings. The zero-order valence-electron chi connectivity index (χ0n) is 16.6. The number of piperazine rings is 1.